The lowest BCUT2D eigenvalue weighted by atomic mass is 10.3. The summed E-state index contributed by atoms with van der Waals surface area (Å²) in [4.78, 5) is 0. The van der Waals surface area contributed by atoms with Gasteiger partial charge in [-0.15, -0.1) is 0 Å². The van der Waals surface area contributed by atoms with Crippen LogP contribution in [0.15, 0.2) is 12.3 Å². The molecule has 2 nitrogen and oxygen atoms in total. The van der Waals surface area contributed by atoms with Crippen molar-refractivity contribution in [3.63, 3.8) is 0 Å². The normalized spacial score (nSPS) is 25.7. The zero-order chi connectivity index (χ0) is 6.53. The van der Waals surface area contributed by atoms with Crippen LogP contribution in [0, 0.1) is 0 Å². The Morgan fingerprint density at radius 2 is 2.67 bits per heavy atom. The fourth-order valence-electron chi connectivity index (χ4n) is 0.820. The highest BCUT2D eigenvalue weighted by atomic mass is 16.7. The number of allylic oxidation sites excluding steroid dienone is 1. The van der Waals surface area contributed by atoms with Crippen LogP contribution in [-0.4, -0.2) is 12.9 Å². The van der Waals surface area contributed by atoms with Crippen molar-refractivity contribution in [3.8, 4) is 0 Å². The minimum atomic E-state index is 0.0139. The predicted molar refractivity (Wildman–Crippen MR) is 34.9 cm³/mol. The number of ether oxygens (including phenoxy) is 2. The third-order valence-electron chi connectivity index (χ3n) is 1.25. The zero-order valence-corrected chi connectivity index (χ0v) is 5.67. The SMILES string of the molecule is CCO[C@@H]1CCC=CO1. The van der Waals surface area contributed by atoms with E-state index in [4.69, 9.17) is 9.47 Å². The van der Waals surface area contributed by atoms with Gasteiger partial charge in [-0.25, -0.2) is 0 Å². The molecular weight excluding hydrogens is 116 g/mol. The highest BCUT2D eigenvalue weighted by molar-refractivity contribution is 4.78. The smallest absolute Gasteiger partial charge is 0.199 e. The second-order valence-corrected chi connectivity index (χ2v) is 1.97. The molecule has 0 aromatic carbocycles. The van der Waals surface area contributed by atoms with Crippen LogP contribution in [0.5, 0.6) is 0 Å². The number of hydrogen-bond donors (Lipinski definition) is 0. The van der Waals surface area contributed by atoms with Crippen LogP contribution in [0.2, 0.25) is 0 Å². The van der Waals surface area contributed by atoms with Crippen molar-refractivity contribution in [1.82, 2.24) is 0 Å². The maximum Gasteiger partial charge on any atom is 0.199 e. The fraction of sp³-hybridized carbons (Fsp3) is 0.714. The van der Waals surface area contributed by atoms with E-state index < -0.39 is 0 Å². The first kappa shape index (κ1) is 6.62. The fourth-order valence-corrected chi connectivity index (χ4v) is 0.820. The molecule has 0 spiro atoms. The second-order valence-electron chi connectivity index (χ2n) is 1.97. The van der Waals surface area contributed by atoms with Gasteiger partial charge in [0.1, 0.15) is 0 Å². The van der Waals surface area contributed by atoms with Crippen LogP contribution in [0.4, 0.5) is 0 Å². The van der Waals surface area contributed by atoms with Crippen LogP contribution in [-0.2, 0) is 9.47 Å². The van der Waals surface area contributed by atoms with Gasteiger partial charge in [0.05, 0.1) is 6.26 Å². The standard InChI is InChI=1S/C7H12O2/c1-2-8-7-5-3-4-6-9-7/h4,6-7H,2-3,5H2,1H3/t7-/m0/s1. The minimum Gasteiger partial charge on any atom is -0.473 e. The van der Waals surface area contributed by atoms with Gasteiger partial charge in [-0.2, -0.15) is 0 Å². The molecule has 1 atom stereocenters. The Kier molecular flexibility index (Phi) is 2.58. The van der Waals surface area contributed by atoms with Gasteiger partial charge in [0.15, 0.2) is 6.29 Å². The van der Waals surface area contributed by atoms with Crippen LogP contribution < -0.4 is 0 Å². The summed E-state index contributed by atoms with van der Waals surface area (Å²) in [5.74, 6) is 0. The highest BCUT2D eigenvalue weighted by Gasteiger charge is 2.08. The maximum absolute atomic E-state index is 5.21. The van der Waals surface area contributed by atoms with Gasteiger partial charge in [-0.1, -0.05) is 0 Å². The summed E-state index contributed by atoms with van der Waals surface area (Å²) in [7, 11) is 0. The molecule has 1 heterocycles. The summed E-state index contributed by atoms with van der Waals surface area (Å²) in [6, 6.07) is 0. The Morgan fingerprint density at radius 1 is 1.78 bits per heavy atom. The highest BCUT2D eigenvalue weighted by Crippen LogP contribution is 2.10. The first-order chi connectivity index (χ1) is 4.43. The van der Waals surface area contributed by atoms with Crippen molar-refractivity contribution in [2.45, 2.75) is 26.1 Å². The minimum absolute atomic E-state index is 0.0139. The van der Waals surface area contributed by atoms with Gasteiger partial charge in [-0.3, -0.25) is 0 Å². The molecule has 1 rings (SSSR count). The van der Waals surface area contributed by atoms with E-state index in [2.05, 4.69) is 0 Å². The molecule has 0 bridgehead atoms. The van der Waals surface area contributed by atoms with E-state index in [1.54, 1.807) is 6.26 Å². The average Bonchev–Trinajstić information content (AvgIpc) is 1.91. The van der Waals surface area contributed by atoms with Crippen LogP contribution in [0.1, 0.15) is 19.8 Å². The summed E-state index contributed by atoms with van der Waals surface area (Å²) in [6.07, 6.45) is 5.80. The van der Waals surface area contributed by atoms with E-state index in [0.29, 0.717) is 0 Å². The first-order valence-electron chi connectivity index (χ1n) is 3.35. The van der Waals surface area contributed by atoms with Crippen LogP contribution in [0.3, 0.4) is 0 Å². The lowest BCUT2D eigenvalue weighted by Crippen LogP contribution is -2.16. The molecule has 0 aromatic heterocycles. The van der Waals surface area contributed by atoms with Gasteiger partial charge in [0, 0.05) is 13.0 Å². The van der Waals surface area contributed by atoms with Crippen molar-refractivity contribution >= 4 is 0 Å². The average molecular weight is 128 g/mol. The summed E-state index contributed by atoms with van der Waals surface area (Å²) in [6.45, 7) is 2.71. The molecule has 0 radical (unpaired) electrons. The van der Waals surface area contributed by atoms with Crippen molar-refractivity contribution in [1.29, 1.82) is 0 Å². The monoisotopic (exact) mass is 128 g/mol. The first-order valence-corrected chi connectivity index (χ1v) is 3.35. The van der Waals surface area contributed by atoms with Gasteiger partial charge < -0.3 is 9.47 Å². The Bertz CT molecular complexity index is 99.1. The van der Waals surface area contributed by atoms with Crippen molar-refractivity contribution in [2.24, 2.45) is 0 Å². The molecule has 0 saturated heterocycles. The predicted octanol–water partition coefficient (Wildman–Crippen LogP) is 1.67. The lowest BCUT2D eigenvalue weighted by Gasteiger charge is -2.18. The lowest BCUT2D eigenvalue weighted by molar-refractivity contribution is -0.111. The topological polar surface area (TPSA) is 18.5 Å². The Balaban J connectivity index is 2.18. The van der Waals surface area contributed by atoms with Crippen molar-refractivity contribution in [3.05, 3.63) is 12.3 Å². The van der Waals surface area contributed by atoms with E-state index in [1.165, 1.54) is 0 Å². The van der Waals surface area contributed by atoms with Crippen molar-refractivity contribution in [2.75, 3.05) is 6.61 Å². The molecular formula is C7H12O2. The molecule has 0 fully saturated rings. The molecule has 1 aliphatic heterocycles. The van der Waals surface area contributed by atoms with E-state index >= 15 is 0 Å². The zero-order valence-electron chi connectivity index (χ0n) is 5.67. The molecule has 0 amide bonds. The molecule has 0 N–H and O–H groups in total. The van der Waals surface area contributed by atoms with E-state index in [9.17, 15) is 0 Å². The van der Waals surface area contributed by atoms with Gasteiger partial charge in [0.25, 0.3) is 0 Å². The third kappa shape index (κ3) is 2.06. The largest absolute Gasteiger partial charge is 0.473 e. The van der Waals surface area contributed by atoms with E-state index in [-0.39, 0.29) is 6.29 Å². The molecule has 0 unspecified atom stereocenters. The molecule has 9 heavy (non-hydrogen) atoms. The second kappa shape index (κ2) is 3.51. The van der Waals surface area contributed by atoms with Gasteiger partial charge in [-0.05, 0) is 19.4 Å². The Labute approximate surface area is 55.5 Å². The molecule has 0 saturated carbocycles. The van der Waals surface area contributed by atoms with E-state index in [1.807, 2.05) is 13.0 Å². The van der Waals surface area contributed by atoms with Gasteiger partial charge in [0.2, 0.25) is 0 Å². The maximum atomic E-state index is 5.21. The summed E-state index contributed by atoms with van der Waals surface area (Å²) >= 11 is 0. The molecule has 52 valence electrons. The third-order valence-corrected chi connectivity index (χ3v) is 1.25. The van der Waals surface area contributed by atoms with Crippen LogP contribution in [0.25, 0.3) is 0 Å². The van der Waals surface area contributed by atoms with Crippen LogP contribution >= 0.6 is 0 Å². The van der Waals surface area contributed by atoms with Gasteiger partial charge >= 0.3 is 0 Å². The van der Waals surface area contributed by atoms with E-state index in [0.717, 1.165) is 19.4 Å². The molecule has 0 aromatic rings. The summed E-state index contributed by atoms with van der Waals surface area (Å²) in [5, 5.41) is 0. The number of hydrogen-bond acceptors (Lipinski definition) is 2. The Hall–Kier alpha value is -0.500. The summed E-state index contributed by atoms with van der Waals surface area (Å²) in [5.41, 5.74) is 0. The molecule has 1 aliphatic rings. The Morgan fingerprint density at radius 3 is 3.22 bits per heavy atom. The quantitative estimate of drug-likeness (QED) is 0.563. The number of rotatable bonds is 2. The molecule has 2 heteroatoms. The summed E-state index contributed by atoms with van der Waals surface area (Å²) < 4.78 is 10.3. The van der Waals surface area contributed by atoms with Crippen molar-refractivity contribution < 1.29 is 9.47 Å². The molecule has 0 aliphatic carbocycles.